The van der Waals surface area contributed by atoms with E-state index in [1.165, 1.54) is 0 Å². The largest absolute Gasteiger partial charge is 0.466 e. The predicted octanol–water partition coefficient (Wildman–Crippen LogP) is 1.45. The first-order valence-corrected chi connectivity index (χ1v) is 6.64. The summed E-state index contributed by atoms with van der Waals surface area (Å²) < 4.78 is 10.7. The lowest BCUT2D eigenvalue weighted by Gasteiger charge is -2.17. The summed E-state index contributed by atoms with van der Waals surface area (Å²) >= 11 is 0. The van der Waals surface area contributed by atoms with Crippen molar-refractivity contribution in [1.82, 2.24) is 10.6 Å². The van der Waals surface area contributed by atoms with E-state index in [-0.39, 0.29) is 24.1 Å². The van der Waals surface area contributed by atoms with Crippen molar-refractivity contribution in [3.63, 3.8) is 0 Å². The monoisotopic (exact) mass is 266 g/mol. The lowest BCUT2D eigenvalue weighted by molar-refractivity contribution is -0.123. The number of aryl methyl sites for hydroxylation is 2. The van der Waals surface area contributed by atoms with Crippen LogP contribution < -0.4 is 10.6 Å². The van der Waals surface area contributed by atoms with Gasteiger partial charge in [0, 0.05) is 19.2 Å². The van der Waals surface area contributed by atoms with Crippen LogP contribution in [0.25, 0.3) is 0 Å². The molecular weight excluding hydrogens is 244 g/mol. The highest BCUT2D eigenvalue weighted by atomic mass is 16.5. The van der Waals surface area contributed by atoms with Crippen molar-refractivity contribution >= 4 is 5.91 Å². The van der Waals surface area contributed by atoms with Gasteiger partial charge in [0.1, 0.15) is 11.5 Å². The van der Waals surface area contributed by atoms with Gasteiger partial charge in [-0.1, -0.05) is 0 Å². The fraction of sp³-hybridized carbons (Fsp3) is 0.643. The van der Waals surface area contributed by atoms with E-state index in [0.29, 0.717) is 0 Å². The first kappa shape index (κ1) is 14.1. The highest BCUT2D eigenvalue weighted by Crippen LogP contribution is 2.21. The molecule has 1 saturated heterocycles. The van der Waals surface area contributed by atoms with Gasteiger partial charge in [0.05, 0.1) is 18.2 Å². The van der Waals surface area contributed by atoms with Crippen LogP contribution in [0.15, 0.2) is 10.5 Å². The van der Waals surface area contributed by atoms with E-state index in [1.807, 2.05) is 26.8 Å². The molecule has 1 amide bonds. The molecule has 5 nitrogen and oxygen atoms in total. The Labute approximate surface area is 113 Å². The average Bonchev–Trinajstić information content (AvgIpc) is 2.95. The summed E-state index contributed by atoms with van der Waals surface area (Å²) in [5.74, 6) is 1.75. The molecule has 1 aliphatic heterocycles. The first-order chi connectivity index (χ1) is 9.01. The molecule has 0 aromatic carbocycles. The van der Waals surface area contributed by atoms with Crippen molar-refractivity contribution in [3.8, 4) is 0 Å². The number of hydrogen-bond acceptors (Lipinski definition) is 4. The Kier molecular flexibility index (Phi) is 4.27. The summed E-state index contributed by atoms with van der Waals surface area (Å²) in [4.78, 5) is 12.1. The predicted molar refractivity (Wildman–Crippen MR) is 71.9 cm³/mol. The second-order valence-electron chi connectivity index (χ2n) is 5.15. The highest BCUT2D eigenvalue weighted by Gasteiger charge is 2.30. The molecule has 0 aliphatic carbocycles. The van der Waals surface area contributed by atoms with Crippen LogP contribution in [0.3, 0.4) is 0 Å². The third-order valence-electron chi connectivity index (χ3n) is 3.64. The molecule has 0 radical (unpaired) electrons. The molecule has 19 heavy (non-hydrogen) atoms. The van der Waals surface area contributed by atoms with Crippen molar-refractivity contribution in [2.75, 3.05) is 13.7 Å². The van der Waals surface area contributed by atoms with E-state index >= 15 is 0 Å². The van der Waals surface area contributed by atoms with E-state index in [1.54, 1.807) is 7.11 Å². The van der Waals surface area contributed by atoms with Crippen LogP contribution in [0.2, 0.25) is 0 Å². The number of amides is 1. The van der Waals surface area contributed by atoms with Crippen LogP contribution in [0.1, 0.15) is 36.5 Å². The van der Waals surface area contributed by atoms with Gasteiger partial charge in [-0.05, 0) is 33.3 Å². The number of carbonyl (C=O) groups excluding carboxylic acids is 1. The van der Waals surface area contributed by atoms with Crippen molar-refractivity contribution < 1.29 is 13.9 Å². The molecule has 2 N–H and O–H groups in total. The Hall–Kier alpha value is -1.33. The number of carbonyl (C=O) groups is 1. The van der Waals surface area contributed by atoms with Crippen LogP contribution >= 0.6 is 0 Å². The van der Waals surface area contributed by atoms with Crippen molar-refractivity contribution in [1.29, 1.82) is 0 Å². The molecule has 2 rings (SSSR count). The molecule has 1 fully saturated rings. The summed E-state index contributed by atoms with van der Waals surface area (Å²) in [6, 6.07) is 1.76. The minimum atomic E-state index is -0.166. The molecule has 5 heteroatoms. The number of rotatable bonds is 4. The lowest BCUT2D eigenvalue weighted by atomic mass is 10.1. The summed E-state index contributed by atoms with van der Waals surface area (Å²) in [5, 5.41) is 6.19. The van der Waals surface area contributed by atoms with Crippen molar-refractivity contribution in [2.45, 2.75) is 45.4 Å². The van der Waals surface area contributed by atoms with Gasteiger partial charge in [0.25, 0.3) is 0 Å². The maximum absolute atomic E-state index is 12.1. The smallest absolute Gasteiger partial charge is 0.237 e. The van der Waals surface area contributed by atoms with Gasteiger partial charge in [-0.15, -0.1) is 0 Å². The van der Waals surface area contributed by atoms with Crippen LogP contribution in [-0.2, 0) is 9.53 Å². The molecule has 2 heterocycles. The zero-order valence-corrected chi connectivity index (χ0v) is 11.9. The van der Waals surface area contributed by atoms with Crippen molar-refractivity contribution in [3.05, 3.63) is 23.2 Å². The minimum absolute atomic E-state index is 0.0188. The Balaban J connectivity index is 1.94. The molecular formula is C14H22N2O3. The number of methoxy groups -OCH3 is 1. The van der Waals surface area contributed by atoms with Gasteiger partial charge >= 0.3 is 0 Å². The summed E-state index contributed by atoms with van der Waals surface area (Å²) in [6.45, 7) is 6.53. The van der Waals surface area contributed by atoms with Crippen LogP contribution in [0.5, 0.6) is 0 Å². The molecule has 0 bridgehead atoms. The fourth-order valence-corrected chi connectivity index (χ4v) is 2.55. The Morgan fingerprint density at radius 2 is 2.32 bits per heavy atom. The van der Waals surface area contributed by atoms with Crippen molar-refractivity contribution in [2.24, 2.45) is 0 Å². The van der Waals surface area contributed by atoms with E-state index in [0.717, 1.165) is 30.0 Å². The van der Waals surface area contributed by atoms with Gasteiger partial charge in [0.15, 0.2) is 0 Å². The minimum Gasteiger partial charge on any atom is -0.466 e. The van der Waals surface area contributed by atoms with E-state index in [9.17, 15) is 4.79 Å². The molecule has 0 saturated carbocycles. The maximum atomic E-state index is 12.1. The number of ether oxygens (including phenoxy) is 1. The SMILES string of the molecule is COC1CNC(C(=O)NC(C)c2cc(C)oc2C)C1. The topological polar surface area (TPSA) is 63.5 Å². The van der Waals surface area contributed by atoms with Gasteiger partial charge in [0.2, 0.25) is 5.91 Å². The zero-order chi connectivity index (χ0) is 14.0. The van der Waals surface area contributed by atoms with E-state index < -0.39 is 0 Å². The highest BCUT2D eigenvalue weighted by molar-refractivity contribution is 5.82. The second kappa shape index (κ2) is 5.75. The summed E-state index contributed by atoms with van der Waals surface area (Å²) in [6.07, 6.45) is 0.849. The quantitative estimate of drug-likeness (QED) is 0.866. The molecule has 106 valence electrons. The molecule has 3 unspecified atom stereocenters. The maximum Gasteiger partial charge on any atom is 0.237 e. The second-order valence-corrected chi connectivity index (χ2v) is 5.15. The summed E-state index contributed by atoms with van der Waals surface area (Å²) in [5.41, 5.74) is 1.03. The fourth-order valence-electron chi connectivity index (χ4n) is 2.55. The lowest BCUT2D eigenvalue weighted by Crippen LogP contribution is -2.41. The molecule has 1 aliphatic rings. The molecule has 1 aromatic rings. The zero-order valence-electron chi connectivity index (χ0n) is 11.9. The molecule has 1 aromatic heterocycles. The number of hydrogen-bond donors (Lipinski definition) is 2. The Bertz CT molecular complexity index is 456. The standard InChI is InChI=1S/C14H22N2O3/c1-8-5-12(10(3)19-8)9(2)16-14(17)13-6-11(18-4)7-15-13/h5,9,11,13,15H,6-7H2,1-4H3,(H,16,17). The normalized spacial score (nSPS) is 24.4. The summed E-state index contributed by atoms with van der Waals surface area (Å²) in [7, 11) is 1.67. The Morgan fingerprint density at radius 3 is 2.84 bits per heavy atom. The third kappa shape index (κ3) is 3.16. The van der Waals surface area contributed by atoms with Gasteiger partial charge in [-0.25, -0.2) is 0 Å². The van der Waals surface area contributed by atoms with Gasteiger partial charge in [-0.3, -0.25) is 4.79 Å². The average molecular weight is 266 g/mol. The van der Waals surface area contributed by atoms with Gasteiger partial charge < -0.3 is 19.8 Å². The van der Waals surface area contributed by atoms with Crippen LogP contribution in [-0.4, -0.2) is 31.7 Å². The van der Waals surface area contributed by atoms with Gasteiger partial charge in [-0.2, -0.15) is 0 Å². The molecule has 0 spiro atoms. The first-order valence-electron chi connectivity index (χ1n) is 6.64. The third-order valence-corrected chi connectivity index (χ3v) is 3.64. The Morgan fingerprint density at radius 1 is 1.58 bits per heavy atom. The van der Waals surface area contributed by atoms with Crippen LogP contribution in [0.4, 0.5) is 0 Å². The van der Waals surface area contributed by atoms with E-state index in [4.69, 9.17) is 9.15 Å². The van der Waals surface area contributed by atoms with E-state index in [2.05, 4.69) is 10.6 Å². The van der Waals surface area contributed by atoms with Crippen LogP contribution in [0, 0.1) is 13.8 Å². The number of furan rings is 1. The molecule has 3 atom stereocenters. The number of nitrogens with one attached hydrogen (secondary N) is 2.